The minimum Gasteiger partial charge on any atom is -0.399 e. The first kappa shape index (κ1) is 13.8. The minimum absolute atomic E-state index is 0.662. The van der Waals surface area contributed by atoms with Crippen molar-refractivity contribution < 1.29 is 0 Å². The lowest BCUT2D eigenvalue weighted by Gasteiger charge is -2.09. The fourth-order valence-electron chi connectivity index (χ4n) is 2.22. The molecule has 5 nitrogen and oxygen atoms in total. The first-order valence-electron chi connectivity index (χ1n) is 6.47. The van der Waals surface area contributed by atoms with Gasteiger partial charge in [0.15, 0.2) is 5.82 Å². The second-order valence-corrected chi connectivity index (χ2v) is 5.89. The van der Waals surface area contributed by atoms with E-state index >= 15 is 0 Å². The summed E-state index contributed by atoms with van der Waals surface area (Å²) in [5.74, 6) is 0.664. The summed E-state index contributed by atoms with van der Waals surface area (Å²) in [6, 6.07) is 11.8. The van der Waals surface area contributed by atoms with Crippen LogP contribution in [0.5, 0.6) is 0 Å². The molecular weight excluding hydrogens is 330 g/mol. The smallest absolute Gasteiger partial charge is 0.187 e. The largest absolute Gasteiger partial charge is 0.399 e. The van der Waals surface area contributed by atoms with E-state index in [-0.39, 0.29) is 0 Å². The van der Waals surface area contributed by atoms with E-state index in [1.807, 2.05) is 32.0 Å². The van der Waals surface area contributed by atoms with Crippen molar-refractivity contribution in [2.75, 3.05) is 5.73 Å². The van der Waals surface area contributed by atoms with E-state index in [1.54, 1.807) is 4.68 Å². The topological polar surface area (TPSA) is 69.6 Å². The standard InChI is InChI=1S/C15H14BrN5/c1-9-3-4-10(2)14(5-9)21-15(18-19-20-21)11-6-12(16)8-13(17)7-11/h3-8H,17H2,1-2H3. The molecule has 0 aliphatic rings. The van der Waals surface area contributed by atoms with Crippen LogP contribution in [0.1, 0.15) is 11.1 Å². The van der Waals surface area contributed by atoms with Gasteiger partial charge in [-0.2, -0.15) is 4.68 Å². The van der Waals surface area contributed by atoms with Crippen LogP contribution in [0.2, 0.25) is 0 Å². The Morgan fingerprint density at radius 3 is 2.67 bits per heavy atom. The number of nitrogens with zero attached hydrogens (tertiary/aromatic N) is 4. The molecule has 0 fully saturated rings. The Morgan fingerprint density at radius 1 is 1.10 bits per heavy atom. The van der Waals surface area contributed by atoms with E-state index in [2.05, 4.69) is 49.7 Å². The molecule has 1 heterocycles. The average molecular weight is 344 g/mol. The summed E-state index contributed by atoms with van der Waals surface area (Å²) in [5, 5.41) is 12.1. The zero-order valence-corrected chi connectivity index (χ0v) is 13.3. The molecule has 1 aromatic heterocycles. The normalized spacial score (nSPS) is 10.8. The number of aromatic nitrogens is 4. The highest BCUT2D eigenvalue weighted by Crippen LogP contribution is 2.27. The van der Waals surface area contributed by atoms with Gasteiger partial charge in [0.05, 0.1) is 5.69 Å². The molecule has 3 aromatic rings. The molecule has 106 valence electrons. The van der Waals surface area contributed by atoms with Crippen LogP contribution in [-0.2, 0) is 0 Å². The third-order valence-corrected chi connectivity index (χ3v) is 3.70. The van der Waals surface area contributed by atoms with Crippen molar-refractivity contribution in [1.82, 2.24) is 20.2 Å². The number of hydrogen-bond acceptors (Lipinski definition) is 4. The number of rotatable bonds is 2. The van der Waals surface area contributed by atoms with Crippen LogP contribution in [0.15, 0.2) is 40.9 Å². The van der Waals surface area contributed by atoms with E-state index in [9.17, 15) is 0 Å². The Labute approximate surface area is 130 Å². The van der Waals surface area contributed by atoms with Gasteiger partial charge in [0, 0.05) is 15.7 Å². The zero-order valence-electron chi connectivity index (χ0n) is 11.7. The van der Waals surface area contributed by atoms with E-state index in [4.69, 9.17) is 5.73 Å². The SMILES string of the molecule is Cc1ccc(C)c(-n2nnnc2-c2cc(N)cc(Br)c2)c1. The minimum atomic E-state index is 0.662. The Morgan fingerprint density at radius 2 is 1.90 bits per heavy atom. The summed E-state index contributed by atoms with van der Waals surface area (Å²) in [6.07, 6.45) is 0. The summed E-state index contributed by atoms with van der Waals surface area (Å²) in [4.78, 5) is 0. The predicted octanol–water partition coefficient (Wildman–Crippen LogP) is 3.29. The van der Waals surface area contributed by atoms with E-state index < -0.39 is 0 Å². The molecule has 3 rings (SSSR count). The highest BCUT2D eigenvalue weighted by Gasteiger charge is 2.13. The molecule has 0 aliphatic heterocycles. The molecule has 0 saturated carbocycles. The lowest BCUT2D eigenvalue weighted by molar-refractivity contribution is 0.787. The number of hydrogen-bond donors (Lipinski definition) is 1. The molecule has 2 aromatic carbocycles. The van der Waals surface area contributed by atoms with Crippen LogP contribution >= 0.6 is 15.9 Å². The maximum absolute atomic E-state index is 5.90. The molecule has 6 heteroatoms. The van der Waals surface area contributed by atoms with Crippen molar-refractivity contribution in [2.24, 2.45) is 0 Å². The van der Waals surface area contributed by atoms with Gasteiger partial charge in [-0.25, -0.2) is 0 Å². The van der Waals surface area contributed by atoms with E-state index in [0.717, 1.165) is 26.9 Å². The molecule has 0 radical (unpaired) electrons. The van der Waals surface area contributed by atoms with Crippen molar-refractivity contribution in [3.8, 4) is 17.1 Å². The Hall–Kier alpha value is -2.21. The van der Waals surface area contributed by atoms with Gasteiger partial charge >= 0.3 is 0 Å². The molecule has 0 unspecified atom stereocenters. The third-order valence-electron chi connectivity index (χ3n) is 3.24. The molecule has 0 atom stereocenters. The predicted molar refractivity (Wildman–Crippen MR) is 86.2 cm³/mol. The van der Waals surface area contributed by atoms with Gasteiger partial charge in [-0.05, 0) is 59.7 Å². The van der Waals surface area contributed by atoms with Crippen LogP contribution in [0.3, 0.4) is 0 Å². The number of halogens is 1. The van der Waals surface area contributed by atoms with Crippen LogP contribution in [0.4, 0.5) is 5.69 Å². The van der Waals surface area contributed by atoms with Crippen LogP contribution in [0, 0.1) is 13.8 Å². The molecular formula is C15H14BrN5. The second kappa shape index (κ2) is 5.29. The molecule has 0 amide bonds. The number of benzene rings is 2. The average Bonchev–Trinajstić information content (AvgIpc) is 2.89. The summed E-state index contributed by atoms with van der Waals surface area (Å²) < 4.78 is 2.64. The fraction of sp³-hybridized carbons (Fsp3) is 0.133. The monoisotopic (exact) mass is 343 g/mol. The second-order valence-electron chi connectivity index (χ2n) is 4.98. The number of aryl methyl sites for hydroxylation is 2. The Kier molecular flexibility index (Phi) is 3.47. The Bertz CT molecular complexity index is 789. The van der Waals surface area contributed by atoms with Crippen molar-refractivity contribution in [2.45, 2.75) is 13.8 Å². The van der Waals surface area contributed by atoms with Crippen molar-refractivity contribution in [3.63, 3.8) is 0 Å². The van der Waals surface area contributed by atoms with Gasteiger partial charge in [-0.3, -0.25) is 0 Å². The van der Waals surface area contributed by atoms with Gasteiger partial charge in [-0.1, -0.05) is 28.1 Å². The molecule has 21 heavy (non-hydrogen) atoms. The number of nitrogen functional groups attached to an aromatic ring is 1. The summed E-state index contributed by atoms with van der Waals surface area (Å²) in [5.41, 5.74) is 10.7. The quantitative estimate of drug-likeness (QED) is 0.725. The van der Waals surface area contributed by atoms with Crippen molar-refractivity contribution in [3.05, 3.63) is 52.0 Å². The lowest BCUT2D eigenvalue weighted by Crippen LogP contribution is -2.03. The first-order chi connectivity index (χ1) is 10.0. The molecule has 0 saturated heterocycles. The zero-order chi connectivity index (χ0) is 15.0. The van der Waals surface area contributed by atoms with Gasteiger partial charge in [-0.15, -0.1) is 5.10 Å². The highest BCUT2D eigenvalue weighted by molar-refractivity contribution is 9.10. The maximum atomic E-state index is 5.90. The van der Waals surface area contributed by atoms with E-state index in [1.165, 1.54) is 0 Å². The highest BCUT2D eigenvalue weighted by atomic mass is 79.9. The summed E-state index contributed by atoms with van der Waals surface area (Å²) in [7, 11) is 0. The van der Waals surface area contributed by atoms with Crippen molar-refractivity contribution >= 4 is 21.6 Å². The third kappa shape index (κ3) is 2.67. The Balaban J connectivity index is 2.19. The number of anilines is 1. The molecule has 0 spiro atoms. The van der Waals surface area contributed by atoms with Crippen LogP contribution < -0.4 is 5.73 Å². The lowest BCUT2D eigenvalue weighted by atomic mass is 10.1. The van der Waals surface area contributed by atoms with Crippen LogP contribution in [-0.4, -0.2) is 20.2 Å². The number of tetrazole rings is 1. The van der Waals surface area contributed by atoms with Gasteiger partial charge in [0.2, 0.25) is 0 Å². The summed E-state index contributed by atoms with van der Waals surface area (Å²) in [6.45, 7) is 4.08. The first-order valence-corrected chi connectivity index (χ1v) is 7.26. The molecule has 2 N–H and O–H groups in total. The fourth-order valence-corrected chi connectivity index (χ4v) is 2.73. The maximum Gasteiger partial charge on any atom is 0.187 e. The van der Waals surface area contributed by atoms with Gasteiger partial charge in [0.25, 0.3) is 0 Å². The van der Waals surface area contributed by atoms with Gasteiger partial charge in [0.1, 0.15) is 0 Å². The summed E-state index contributed by atoms with van der Waals surface area (Å²) >= 11 is 3.45. The van der Waals surface area contributed by atoms with Crippen LogP contribution in [0.25, 0.3) is 17.1 Å². The molecule has 0 aliphatic carbocycles. The van der Waals surface area contributed by atoms with E-state index in [0.29, 0.717) is 11.5 Å². The number of nitrogens with two attached hydrogens (primary N) is 1. The van der Waals surface area contributed by atoms with Gasteiger partial charge < -0.3 is 5.73 Å². The molecule has 0 bridgehead atoms. The van der Waals surface area contributed by atoms with Crippen molar-refractivity contribution in [1.29, 1.82) is 0 Å².